The average Bonchev–Trinajstić information content (AvgIpc) is 2.97. The first-order valence-corrected chi connectivity index (χ1v) is 6.75. The fourth-order valence-electron chi connectivity index (χ4n) is 2.45. The van der Waals surface area contributed by atoms with Crippen molar-refractivity contribution in [2.24, 2.45) is 0 Å². The van der Waals surface area contributed by atoms with E-state index in [0.717, 1.165) is 31.5 Å². The van der Waals surface area contributed by atoms with Crippen molar-refractivity contribution in [2.45, 2.75) is 18.9 Å². The largest absolute Gasteiger partial charge is 0.506 e. The second kappa shape index (κ2) is 5.46. The zero-order valence-corrected chi connectivity index (χ0v) is 11.4. The predicted octanol–water partition coefficient (Wildman–Crippen LogP) is 0.760. The van der Waals surface area contributed by atoms with Crippen molar-refractivity contribution >= 4 is 5.95 Å². The summed E-state index contributed by atoms with van der Waals surface area (Å²) in [5.74, 6) is 1.45. The molecule has 0 radical (unpaired) electrons. The Morgan fingerprint density at radius 2 is 2.15 bits per heavy atom. The number of rotatable bonds is 3. The Morgan fingerprint density at radius 3 is 2.85 bits per heavy atom. The first-order chi connectivity index (χ1) is 9.76. The van der Waals surface area contributed by atoms with Gasteiger partial charge in [0, 0.05) is 30.9 Å². The van der Waals surface area contributed by atoms with Crippen LogP contribution in [0.1, 0.15) is 12.8 Å². The highest BCUT2D eigenvalue weighted by atomic mass is 16.3. The summed E-state index contributed by atoms with van der Waals surface area (Å²) < 4.78 is 0. The molecule has 0 saturated carbocycles. The summed E-state index contributed by atoms with van der Waals surface area (Å²) in [5.41, 5.74) is 0.730. The molecule has 1 aliphatic rings. The number of piperidine rings is 1. The standard InChI is InChI=1S/C13H18N6O/c1-14-10-2-4-19(5-3-10)13-16-12(17-18-13)9-6-11(20)8-15-7-9/h6-8,10,14,20H,2-5H2,1H3,(H,16,17,18). The fraction of sp³-hybridized carbons (Fsp3) is 0.462. The van der Waals surface area contributed by atoms with E-state index in [4.69, 9.17) is 0 Å². The number of aromatic amines is 1. The zero-order valence-electron chi connectivity index (χ0n) is 11.4. The molecule has 0 spiro atoms. The fourth-order valence-corrected chi connectivity index (χ4v) is 2.45. The molecule has 106 valence electrons. The lowest BCUT2D eigenvalue weighted by atomic mass is 10.1. The molecule has 1 aliphatic heterocycles. The number of pyridine rings is 1. The topological polar surface area (TPSA) is 90.0 Å². The van der Waals surface area contributed by atoms with Crippen molar-refractivity contribution in [3.63, 3.8) is 0 Å². The van der Waals surface area contributed by atoms with E-state index < -0.39 is 0 Å². The Morgan fingerprint density at radius 1 is 1.35 bits per heavy atom. The minimum Gasteiger partial charge on any atom is -0.506 e. The first-order valence-electron chi connectivity index (χ1n) is 6.75. The molecular weight excluding hydrogens is 256 g/mol. The summed E-state index contributed by atoms with van der Waals surface area (Å²) in [6.07, 6.45) is 5.22. The summed E-state index contributed by atoms with van der Waals surface area (Å²) in [5, 5.41) is 19.9. The monoisotopic (exact) mass is 274 g/mol. The van der Waals surface area contributed by atoms with Gasteiger partial charge in [-0.15, -0.1) is 5.10 Å². The molecule has 0 unspecified atom stereocenters. The van der Waals surface area contributed by atoms with E-state index in [1.807, 2.05) is 7.05 Å². The molecule has 7 heteroatoms. The van der Waals surface area contributed by atoms with Gasteiger partial charge in [0.1, 0.15) is 5.75 Å². The van der Waals surface area contributed by atoms with Gasteiger partial charge in [0.05, 0.1) is 6.20 Å². The maximum atomic E-state index is 9.44. The number of nitrogens with one attached hydrogen (secondary N) is 2. The highest BCUT2D eigenvalue weighted by Gasteiger charge is 2.21. The van der Waals surface area contributed by atoms with E-state index in [9.17, 15) is 5.11 Å². The number of hydrogen-bond acceptors (Lipinski definition) is 6. The molecule has 3 N–H and O–H groups in total. The van der Waals surface area contributed by atoms with Gasteiger partial charge < -0.3 is 15.3 Å². The van der Waals surface area contributed by atoms with Crippen molar-refractivity contribution < 1.29 is 5.11 Å². The third-order valence-corrected chi connectivity index (χ3v) is 3.66. The molecule has 2 aromatic rings. The van der Waals surface area contributed by atoms with E-state index in [-0.39, 0.29) is 5.75 Å². The smallest absolute Gasteiger partial charge is 0.245 e. The van der Waals surface area contributed by atoms with Gasteiger partial charge >= 0.3 is 0 Å². The van der Waals surface area contributed by atoms with Crippen molar-refractivity contribution in [2.75, 3.05) is 25.0 Å². The van der Waals surface area contributed by atoms with E-state index in [1.54, 1.807) is 12.3 Å². The Hall–Kier alpha value is -2.15. The Balaban J connectivity index is 1.74. The number of aromatic hydroxyl groups is 1. The number of aromatic nitrogens is 4. The second-order valence-electron chi connectivity index (χ2n) is 4.97. The molecule has 0 aromatic carbocycles. The summed E-state index contributed by atoms with van der Waals surface area (Å²) in [6.45, 7) is 1.89. The molecule has 2 aromatic heterocycles. The van der Waals surface area contributed by atoms with Crippen LogP contribution in [0.15, 0.2) is 18.5 Å². The van der Waals surface area contributed by atoms with Gasteiger partial charge in [-0.25, -0.2) is 0 Å². The van der Waals surface area contributed by atoms with Crippen LogP contribution >= 0.6 is 0 Å². The van der Waals surface area contributed by atoms with Crippen LogP contribution in [0.5, 0.6) is 5.75 Å². The molecule has 0 amide bonds. The van der Waals surface area contributed by atoms with Crippen molar-refractivity contribution in [3.05, 3.63) is 18.5 Å². The van der Waals surface area contributed by atoms with Crippen LogP contribution in [0.4, 0.5) is 5.95 Å². The molecule has 1 fully saturated rings. The van der Waals surface area contributed by atoms with Crippen LogP contribution in [-0.2, 0) is 0 Å². The second-order valence-corrected chi connectivity index (χ2v) is 4.97. The van der Waals surface area contributed by atoms with E-state index in [0.29, 0.717) is 17.8 Å². The lowest BCUT2D eigenvalue weighted by molar-refractivity contribution is 0.439. The van der Waals surface area contributed by atoms with Gasteiger partial charge in [-0.1, -0.05) is 0 Å². The number of anilines is 1. The third kappa shape index (κ3) is 2.57. The molecule has 7 nitrogen and oxygen atoms in total. The normalized spacial score (nSPS) is 16.6. The van der Waals surface area contributed by atoms with Crippen LogP contribution < -0.4 is 10.2 Å². The van der Waals surface area contributed by atoms with Gasteiger partial charge in [0.25, 0.3) is 0 Å². The number of nitrogens with zero attached hydrogens (tertiary/aromatic N) is 4. The quantitative estimate of drug-likeness (QED) is 0.765. The van der Waals surface area contributed by atoms with E-state index >= 15 is 0 Å². The molecule has 3 rings (SSSR count). The van der Waals surface area contributed by atoms with Crippen LogP contribution in [0, 0.1) is 0 Å². The highest BCUT2D eigenvalue weighted by Crippen LogP contribution is 2.22. The molecule has 1 saturated heterocycles. The van der Waals surface area contributed by atoms with Crippen LogP contribution in [0.2, 0.25) is 0 Å². The predicted molar refractivity (Wildman–Crippen MR) is 75.6 cm³/mol. The molecule has 0 atom stereocenters. The number of H-pyrrole nitrogens is 1. The highest BCUT2D eigenvalue weighted by molar-refractivity contribution is 5.56. The maximum Gasteiger partial charge on any atom is 0.245 e. The van der Waals surface area contributed by atoms with Crippen LogP contribution in [-0.4, -0.2) is 51.5 Å². The number of hydrogen-bond donors (Lipinski definition) is 3. The van der Waals surface area contributed by atoms with E-state index in [1.165, 1.54) is 6.20 Å². The Kier molecular flexibility index (Phi) is 3.51. The SMILES string of the molecule is CNC1CCN(c2n[nH]c(-c3cncc(O)c3)n2)CC1. The zero-order chi connectivity index (χ0) is 13.9. The van der Waals surface area contributed by atoms with Crippen molar-refractivity contribution in [1.29, 1.82) is 0 Å². The summed E-state index contributed by atoms with van der Waals surface area (Å²) in [6, 6.07) is 2.20. The molecule has 20 heavy (non-hydrogen) atoms. The molecular formula is C13H18N6O. The molecule has 0 aliphatic carbocycles. The minimum atomic E-state index is 0.121. The first kappa shape index (κ1) is 12.9. The summed E-state index contributed by atoms with van der Waals surface area (Å²) >= 11 is 0. The lowest BCUT2D eigenvalue weighted by Gasteiger charge is -2.30. The molecule has 0 bridgehead atoms. The van der Waals surface area contributed by atoms with Gasteiger partial charge in [0.15, 0.2) is 5.82 Å². The van der Waals surface area contributed by atoms with E-state index in [2.05, 4.69) is 30.4 Å². The summed E-state index contributed by atoms with van der Waals surface area (Å²) in [4.78, 5) is 10.6. The van der Waals surface area contributed by atoms with Crippen LogP contribution in [0.3, 0.4) is 0 Å². The third-order valence-electron chi connectivity index (χ3n) is 3.66. The molecule has 3 heterocycles. The maximum absolute atomic E-state index is 9.44. The van der Waals surface area contributed by atoms with Gasteiger partial charge in [-0.2, -0.15) is 4.98 Å². The summed E-state index contributed by atoms with van der Waals surface area (Å²) in [7, 11) is 2.00. The lowest BCUT2D eigenvalue weighted by Crippen LogP contribution is -2.41. The minimum absolute atomic E-state index is 0.121. The Labute approximate surface area is 117 Å². The van der Waals surface area contributed by atoms with Crippen molar-refractivity contribution in [1.82, 2.24) is 25.5 Å². The van der Waals surface area contributed by atoms with Crippen molar-refractivity contribution in [3.8, 4) is 17.1 Å². The Bertz CT molecular complexity index is 576. The van der Waals surface area contributed by atoms with Gasteiger partial charge in [-0.05, 0) is 26.0 Å². The average molecular weight is 274 g/mol. The van der Waals surface area contributed by atoms with Gasteiger partial charge in [0.2, 0.25) is 5.95 Å². The van der Waals surface area contributed by atoms with Gasteiger partial charge in [-0.3, -0.25) is 10.1 Å². The van der Waals surface area contributed by atoms with Crippen LogP contribution in [0.25, 0.3) is 11.4 Å².